The van der Waals surface area contributed by atoms with Gasteiger partial charge in [-0.3, -0.25) is 9.78 Å². The number of rotatable bonds is 4. The molecule has 0 unspecified atom stereocenters. The van der Waals surface area contributed by atoms with Crippen LogP contribution in [0, 0.1) is 11.6 Å². The average molecular weight is 436 g/mol. The predicted molar refractivity (Wildman–Crippen MR) is 118 cm³/mol. The second-order valence-electron chi connectivity index (χ2n) is 7.81. The molecule has 2 aromatic heterocycles. The summed E-state index contributed by atoms with van der Waals surface area (Å²) in [5.74, 6) is -1.33. The Labute approximate surface area is 183 Å². The number of H-pyrrole nitrogens is 1. The van der Waals surface area contributed by atoms with Gasteiger partial charge in [0.1, 0.15) is 11.6 Å². The third-order valence-corrected chi connectivity index (χ3v) is 5.76. The lowest BCUT2D eigenvalue weighted by Crippen LogP contribution is -2.36. The maximum Gasteiger partial charge on any atom is 0.253 e. The van der Waals surface area contributed by atoms with Gasteiger partial charge in [-0.15, -0.1) is 0 Å². The van der Waals surface area contributed by atoms with Gasteiger partial charge in [0.05, 0.1) is 24.5 Å². The van der Waals surface area contributed by atoms with Crippen molar-refractivity contribution >= 4 is 23.7 Å². The molecule has 0 atom stereocenters. The molecule has 1 amide bonds. The number of nitrogens with one attached hydrogen (secondary N) is 2. The van der Waals surface area contributed by atoms with Crippen molar-refractivity contribution in [2.75, 3.05) is 37.7 Å². The molecular weight excluding hydrogens is 414 g/mol. The van der Waals surface area contributed by atoms with Crippen LogP contribution in [0.3, 0.4) is 0 Å². The number of anilines is 1. The van der Waals surface area contributed by atoms with E-state index in [4.69, 9.17) is 4.74 Å². The van der Waals surface area contributed by atoms with Crippen LogP contribution >= 0.6 is 0 Å². The SMILES string of the molecule is O=C1NCCc2[nH]c(-c3ccnc(/C=C/c4c(F)cc(N5CCOCC5)cc4F)c3)cc21. The van der Waals surface area contributed by atoms with E-state index >= 15 is 0 Å². The number of carbonyl (C=O) groups is 1. The number of pyridine rings is 1. The summed E-state index contributed by atoms with van der Waals surface area (Å²) in [5.41, 5.74) is 4.14. The monoisotopic (exact) mass is 436 g/mol. The molecule has 1 saturated heterocycles. The minimum atomic E-state index is -0.623. The Morgan fingerprint density at radius 2 is 1.84 bits per heavy atom. The molecule has 164 valence electrons. The second kappa shape index (κ2) is 8.55. The number of fused-ring (bicyclic) bond motifs is 1. The van der Waals surface area contributed by atoms with Crippen molar-refractivity contribution in [1.29, 1.82) is 0 Å². The number of aromatic amines is 1. The van der Waals surface area contributed by atoms with E-state index in [1.165, 1.54) is 18.2 Å². The van der Waals surface area contributed by atoms with Gasteiger partial charge < -0.3 is 19.9 Å². The third-order valence-electron chi connectivity index (χ3n) is 5.76. The fraction of sp³-hybridized carbons (Fsp3) is 0.250. The van der Waals surface area contributed by atoms with Crippen molar-refractivity contribution in [3.05, 3.63) is 70.7 Å². The van der Waals surface area contributed by atoms with Gasteiger partial charge in [0.25, 0.3) is 5.91 Å². The number of ether oxygens (including phenoxy) is 1. The van der Waals surface area contributed by atoms with Gasteiger partial charge in [0, 0.05) is 60.5 Å². The quantitative estimate of drug-likeness (QED) is 0.655. The van der Waals surface area contributed by atoms with Gasteiger partial charge in [-0.05, 0) is 42.5 Å². The highest BCUT2D eigenvalue weighted by atomic mass is 19.1. The molecule has 0 bridgehead atoms. The Morgan fingerprint density at radius 1 is 1.06 bits per heavy atom. The molecule has 6 nitrogen and oxygen atoms in total. The third kappa shape index (κ3) is 4.01. The van der Waals surface area contributed by atoms with Gasteiger partial charge in [0.15, 0.2) is 0 Å². The number of halogens is 2. The Kier molecular flexibility index (Phi) is 5.45. The fourth-order valence-electron chi connectivity index (χ4n) is 4.06. The standard InChI is InChI=1S/C24H22F2N4O2/c25-20-12-17(30-7-9-32-10-8-30)13-21(26)18(20)2-1-16-11-15(3-5-27-16)23-14-19-22(29-23)4-6-28-24(19)31/h1-3,5,11-14,29H,4,6-10H2,(H,28,31)/b2-1+. The molecule has 0 radical (unpaired) electrons. The number of amides is 1. The molecule has 32 heavy (non-hydrogen) atoms. The lowest BCUT2D eigenvalue weighted by atomic mass is 10.1. The first-order valence-electron chi connectivity index (χ1n) is 10.5. The normalized spacial score (nSPS) is 16.3. The maximum absolute atomic E-state index is 14.7. The number of hydrogen-bond donors (Lipinski definition) is 2. The van der Waals surface area contributed by atoms with Crippen LogP contribution in [0.2, 0.25) is 0 Å². The number of hydrogen-bond acceptors (Lipinski definition) is 4. The highest BCUT2D eigenvalue weighted by Gasteiger charge is 2.20. The summed E-state index contributed by atoms with van der Waals surface area (Å²) in [6.07, 6.45) is 5.35. The first kappa shape index (κ1) is 20.4. The van der Waals surface area contributed by atoms with Crippen molar-refractivity contribution in [1.82, 2.24) is 15.3 Å². The van der Waals surface area contributed by atoms with Gasteiger partial charge in [-0.1, -0.05) is 0 Å². The first-order valence-corrected chi connectivity index (χ1v) is 10.5. The van der Waals surface area contributed by atoms with Crippen LogP contribution in [-0.2, 0) is 11.2 Å². The van der Waals surface area contributed by atoms with Crippen LogP contribution in [0.4, 0.5) is 14.5 Å². The van der Waals surface area contributed by atoms with Gasteiger partial charge >= 0.3 is 0 Å². The number of morpholine rings is 1. The molecular formula is C24H22F2N4O2. The summed E-state index contributed by atoms with van der Waals surface area (Å²) < 4.78 is 34.6. The Morgan fingerprint density at radius 3 is 2.59 bits per heavy atom. The van der Waals surface area contributed by atoms with E-state index in [-0.39, 0.29) is 11.5 Å². The highest BCUT2D eigenvalue weighted by Crippen LogP contribution is 2.26. The number of carbonyl (C=O) groups excluding carboxylic acids is 1. The summed E-state index contributed by atoms with van der Waals surface area (Å²) in [6.45, 7) is 2.91. The molecule has 2 N–H and O–H groups in total. The van der Waals surface area contributed by atoms with Crippen LogP contribution < -0.4 is 10.2 Å². The molecule has 4 heterocycles. The van der Waals surface area contributed by atoms with E-state index in [0.29, 0.717) is 49.8 Å². The van der Waals surface area contributed by atoms with E-state index in [1.54, 1.807) is 12.3 Å². The van der Waals surface area contributed by atoms with E-state index < -0.39 is 11.6 Å². The zero-order chi connectivity index (χ0) is 22.1. The number of nitrogens with zero attached hydrogens (tertiary/aromatic N) is 2. The Balaban J connectivity index is 1.39. The largest absolute Gasteiger partial charge is 0.378 e. The molecule has 2 aliphatic heterocycles. The topological polar surface area (TPSA) is 70.2 Å². The highest BCUT2D eigenvalue weighted by molar-refractivity contribution is 5.97. The van der Waals surface area contributed by atoms with Crippen LogP contribution in [0.25, 0.3) is 23.4 Å². The fourth-order valence-corrected chi connectivity index (χ4v) is 4.06. The van der Waals surface area contributed by atoms with E-state index in [1.807, 2.05) is 23.1 Å². The van der Waals surface area contributed by atoms with E-state index in [0.717, 1.165) is 23.4 Å². The lowest BCUT2D eigenvalue weighted by Gasteiger charge is -2.29. The van der Waals surface area contributed by atoms with Crippen molar-refractivity contribution in [3.63, 3.8) is 0 Å². The molecule has 0 saturated carbocycles. The zero-order valence-corrected chi connectivity index (χ0v) is 17.3. The van der Waals surface area contributed by atoms with Crippen LogP contribution in [-0.4, -0.2) is 48.7 Å². The first-order chi connectivity index (χ1) is 15.6. The molecule has 2 aliphatic rings. The molecule has 0 spiro atoms. The second-order valence-corrected chi connectivity index (χ2v) is 7.81. The smallest absolute Gasteiger partial charge is 0.253 e. The average Bonchev–Trinajstić information content (AvgIpc) is 3.25. The number of benzene rings is 1. The molecule has 1 fully saturated rings. The van der Waals surface area contributed by atoms with Gasteiger partial charge in [-0.25, -0.2) is 8.78 Å². The minimum Gasteiger partial charge on any atom is -0.378 e. The summed E-state index contributed by atoms with van der Waals surface area (Å²) in [7, 11) is 0. The van der Waals surface area contributed by atoms with Crippen molar-refractivity contribution in [2.24, 2.45) is 0 Å². The van der Waals surface area contributed by atoms with Crippen molar-refractivity contribution in [3.8, 4) is 11.3 Å². The summed E-state index contributed by atoms with van der Waals surface area (Å²) in [5, 5.41) is 2.83. The maximum atomic E-state index is 14.7. The molecule has 1 aromatic carbocycles. The molecule has 0 aliphatic carbocycles. The van der Waals surface area contributed by atoms with Gasteiger partial charge in [-0.2, -0.15) is 0 Å². The van der Waals surface area contributed by atoms with Crippen LogP contribution in [0.5, 0.6) is 0 Å². The van der Waals surface area contributed by atoms with Crippen LogP contribution in [0.15, 0.2) is 36.5 Å². The minimum absolute atomic E-state index is 0.0885. The lowest BCUT2D eigenvalue weighted by molar-refractivity contribution is 0.0946. The summed E-state index contributed by atoms with van der Waals surface area (Å²) in [4.78, 5) is 21.5. The molecule has 8 heteroatoms. The van der Waals surface area contributed by atoms with Crippen molar-refractivity contribution < 1.29 is 18.3 Å². The Bertz CT molecular complexity index is 1180. The predicted octanol–water partition coefficient (Wildman–Crippen LogP) is 3.65. The van der Waals surface area contributed by atoms with E-state index in [2.05, 4.69) is 15.3 Å². The van der Waals surface area contributed by atoms with E-state index in [9.17, 15) is 13.6 Å². The van der Waals surface area contributed by atoms with Gasteiger partial charge in [0.2, 0.25) is 0 Å². The Hall–Kier alpha value is -3.52. The summed E-state index contributed by atoms with van der Waals surface area (Å²) >= 11 is 0. The molecule has 5 rings (SSSR count). The van der Waals surface area contributed by atoms with Crippen molar-refractivity contribution in [2.45, 2.75) is 6.42 Å². The summed E-state index contributed by atoms with van der Waals surface area (Å²) in [6, 6.07) is 8.16. The number of aromatic nitrogens is 2. The molecule has 3 aromatic rings. The van der Waals surface area contributed by atoms with Crippen LogP contribution in [0.1, 0.15) is 27.3 Å². The zero-order valence-electron chi connectivity index (χ0n) is 17.3.